The van der Waals surface area contributed by atoms with Gasteiger partial charge in [0.1, 0.15) is 0 Å². The summed E-state index contributed by atoms with van der Waals surface area (Å²) in [4.78, 5) is 12.5. The second-order valence-corrected chi connectivity index (χ2v) is 7.84. The van der Waals surface area contributed by atoms with Gasteiger partial charge in [0.05, 0.1) is 0 Å². The van der Waals surface area contributed by atoms with Crippen LogP contribution in [-0.2, 0) is 4.79 Å². The van der Waals surface area contributed by atoms with Crippen LogP contribution in [0.25, 0.3) is 0 Å². The summed E-state index contributed by atoms with van der Waals surface area (Å²) >= 11 is 0. The van der Waals surface area contributed by atoms with Gasteiger partial charge in [0, 0.05) is 12.5 Å². The van der Waals surface area contributed by atoms with E-state index in [1.54, 1.807) is 0 Å². The van der Waals surface area contributed by atoms with Crippen molar-refractivity contribution in [1.29, 1.82) is 0 Å². The van der Waals surface area contributed by atoms with Crippen LogP contribution in [-0.4, -0.2) is 22.7 Å². The molecule has 1 aromatic rings. The molecule has 2 atom stereocenters. The monoisotopic (exact) mass is 359 g/mol. The molecule has 1 amide bonds. The second kappa shape index (κ2) is 12.1. The maximum Gasteiger partial charge on any atom is 0.249 e. The number of amides is 1. The Morgan fingerprint density at radius 3 is 2.12 bits per heavy atom. The molecule has 0 bridgehead atoms. The molecule has 1 aliphatic rings. The molecule has 1 aliphatic heterocycles. The highest BCUT2D eigenvalue weighted by Crippen LogP contribution is 2.36. The van der Waals surface area contributed by atoms with Gasteiger partial charge >= 0.3 is 0 Å². The molecule has 0 saturated carbocycles. The molecule has 26 heavy (non-hydrogen) atoms. The van der Waals surface area contributed by atoms with Gasteiger partial charge in [0.25, 0.3) is 0 Å². The van der Waals surface area contributed by atoms with E-state index in [2.05, 4.69) is 19.1 Å². The number of hydrogen-bond acceptors (Lipinski definition) is 2. The van der Waals surface area contributed by atoms with Crippen LogP contribution in [0, 0.1) is 5.92 Å². The van der Waals surface area contributed by atoms with Gasteiger partial charge in [-0.15, -0.1) is 0 Å². The van der Waals surface area contributed by atoms with Crippen molar-refractivity contribution in [2.45, 2.75) is 89.9 Å². The average molecular weight is 360 g/mol. The third-order valence-electron chi connectivity index (χ3n) is 5.81. The molecule has 3 heteroatoms. The van der Waals surface area contributed by atoms with Crippen LogP contribution in [0.4, 0.5) is 0 Å². The highest BCUT2D eigenvalue weighted by molar-refractivity contribution is 5.79. The lowest BCUT2D eigenvalue weighted by molar-refractivity contribution is -0.177. The normalized spacial score (nSPS) is 20.5. The Kier molecular flexibility index (Phi) is 9.76. The number of unbranched alkanes of at least 4 members (excludes halogenated alkanes) is 9. The van der Waals surface area contributed by atoms with Crippen molar-refractivity contribution in [1.82, 2.24) is 5.06 Å². The number of benzene rings is 1. The number of piperidine rings is 1. The third-order valence-corrected chi connectivity index (χ3v) is 5.81. The smallest absolute Gasteiger partial charge is 0.249 e. The van der Waals surface area contributed by atoms with Gasteiger partial charge < -0.3 is 0 Å². The number of nitrogens with zero attached hydrogens (tertiary/aromatic N) is 1. The summed E-state index contributed by atoms with van der Waals surface area (Å²) in [5, 5.41) is 10.8. The summed E-state index contributed by atoms with van der Waals surface area (Å²) in [5.41, 5.74) is 1.24. The molecule has 0 aromatic heterocycles. The fourth-order valence-electron chi connectivity index (χ4n) is 4.21. The van der Waals surface area contributed by atoms with E-state index in [0.29, 0.717) is 6.54 Å². The lowest BCUT2D eigenvalue weighted by Gasteiger charge is -2.35. The molecule has 0 radical (unpaired) electrons. The van der Waals surface area contributed by atoms with Crippen LogP contribution >= 0.6 is 0 Å². The van der Waals surface area contributed by atoms with E-state index in [4.69, 9.17) is 0 Å². The fourth-order valence-corrected chi connectivity index (χ4v) is 4.21. The van der Waals surface area contributed by atoms with Crippen LogP contribution in [0.2, 0.25) is 0 Å². The lowest BCUT2D eigenvalue weighted by Crippen LogP contribution is -2.42. The predicted octanol–water partition coefficient (Wildman–Crippen LogP) is 6.32. The first-order valence-corrected chi connectivity index (χ1v) is 10.8. The Labute approximate surface area is 159 Å². The molecule has 0 aliphatic carbocycles. The number of hydrogen-bond donors (Lipinski definition) is 1. The number of carbonyl (C=O) groups excluding carboxylic acids is 1. The van der Waals surface area contributed by atoms with Gasteiger partial charge in [-0.05, 0) is 24.3 Å². The van der Waals surface area contributed by atoms with Gasteiger partial charge in [-0.25, -0.2) is 5.06 Å². The van der Waals surface area contributed by atoms with Crippen LogP contribution in [0.1, 0.15) is 95.5 Å². The first-order chi connectivity index (χ1) is 12.7. The van der Waals surface area contributed by atoms with Crippen LogP contribution in [0.3, 0.4) is 0 Å². The summed E-state index contributed by atoms with van der Waals surface area (Å²) in [6.45, 7) is 2.71. The quantitative estimate of drug-likeness (QED) is 0.350. The zero-order valence-electron chi connectivity index (χ0n) is 16.5. The number of hydroxylamine groups is 2. The Bertz CT molecular complexity index is 502. The second-order valence-electron chi connectivity index (χ2n) is 7.84. The van der Waals surface area contributed by atoms with Crippen LogP contribution in [0.5, 0.6) is 0 Å². The first-order valence-electron chi connectivity index (χ1n) is 10.8. The molecule has 2 rings (SSSR count). The van der Waals surface area contributed by atoms with Crippen LogP contribution in [0.15, 0.2) is 30.3 Å². The van der Waals surface area contributed by atoms with E-state index in [-0.39, 0.29) is 17.7 Å². The number of rotatable bonds is 12. The molecule has 1 fully saturated rings. The Morgan fingerprint density at radius 1 is 0.923 bits per heavy atom. The summed E-state index contributed by atoms with van der Waals surface area (Å²) < 4.78 is 0. The molecule has 3 nitrogen and oxygen atoms in total. The topological polar surface area (TPSA) is 40.5 Å². The largest absolute Gasteiger partial charge is 0.286 e. The van der Waals surface area contributed by atoms with Crippen molar-refractivity contribution >= 4 is 5.91 Å². The molecule has 1 aromatic carbocycles. The first kappa shape index (κ1) is 21.0. The maximum absolute atomic E-state index is 12.5. The van der Waals surface area contributed by atoms with E-state index in [1.807, 2.05) is 18.2 Å². The molecule has 1 N–H and O–H groups in total. The zero-order valence-corrected chi connectivity index (χ0v) is 16.5. The zero-order chi connectivity index (χ0) is 18.6. The van der Waals surface area contributed by atoms with Crippen molar-refractivity contribution in [2.24, 2.45) is 5.92 Å². The standard InChI is InChI=1S/C23H37NO2/c1-2-3-4-5-6-7-8-9-10-14-17-22-21(18-19-24(26)23(22)25)20-15-12-11-13-16-20/h11-13,15-16,21-22,26H,2-10,14,17-19H2,1H3/t21-,22+/m0/s1. The summed E-state index contributed by atoms with van der Waals surface area (Å²) in [5.74, 6) is 0.108. The van der Waals surface area contributed by atoms with Crippen molar-refractivity contribution in [3.63, 3.8) is 0 Å². The van der Waals surface area contributed by atoms with E-state index >= 15 is 0 Å². The average Bonchev–Trinajstić information content (AvgIpc) is 2.67. The van der Waals surface area contributed by atoms with E-state index in [1.165, 1.54) is 63.4 Å². The van der Waals surface area contributed by atoms with Gasteiger partial charge in [0.15, 0.2) is 0 Å². The van der Waals surface area contributed by atoms with Gasteiger partial charge in [0.2, 0.25) is 5.91 Å². The lowest BCUT2D eigenvalue weighted by atomic mass is 9.78. The van der Waals surface area contributed by atoms with Crippen molar-refractivity contribution in [2.75, 3.05) is 6.54 Å². The Morgan fingerprint density at radius 2 is 1.50 bits per heavy atom. The van der Waals surface area contributed by atoms with Crippen molar-refractivity contribution in [3.05, 3.63) is 35.9 Å². The predicted molar refractivity (Wildman–Crippen MR) is 107 cm³/mol. The molecule has 1 heterocycles. The summed E-state index contributed by atoms with van der Waals surface area (Å²) in [6.07, 6.45) is 14.8. The van der Waals surface area contributed by atoms with Crippen molar-refractivity contribution in [3.8, 4) is 0 Å². The van der Waals surface area contributed by atoms with Gasteiger partial charge in [-0.3, -0.25) is 10.0 Å². The summed E-state index contributed by atoms with van der Waals surface area (Å²) in [7, 11) is 0. The molecule has 146 valence electrons. The van der Waals surface area contributed by atoms with E-state index in [0.717, 1.165) is 24.3 Å². The van der Waals surface area contributed by atoms with Gasteiger partial charge in [-0.2, -0.15) is 0 Å². The van der Waals surface area contributed by atoms with E-state index in [9.17, 15) is 10.0 Å². The third kappa shape index (κ3) is 6.75. The highest BCUT2D eigenvalue weighted by Gasteiger charge is 2.36. The Balaban J connectivity index is 1.69. The highest BCUT2D eigenvalue weighted by atomic mass is 16.5. The minimum atomic E-state index is -0.0824. The van der Waals surface area contributed by atoms with E-state index < -0.39 is 0 Å². The molecular formula is C23H37NO2. The minimum Gasteiger partial charge on any atom is -0.286 e. The van der Waals surface area contributed by atoms with Crippen LogP contribution < -0.4 is 0 Å². The minimum absolute atomic E-state index is 0.0646. The summed E-state index contributed by atoms with van der Waals surface area (Å²) in [6, 6.07) is 10.3. The number of carbonyl (C=O) groups is 1. The molecule has 1 saturated heterocycles. The SMILES string of the molecule is CCCCCCCCCCCC[C@H]1C(=O)N(O)CC[C@H]1c1ccccc1. The van der Waals surface area contributed by atoms with Crippen molar-refractivity contribution < 1.29 is 10.0 Å². The van der Waals surface area contributed by atoms with Gasteiger partial charge in [-0.1, -0.05) is 101 Å². The fraction of sp³-hybridized carbons (Fsp3) is 0.696. The Hall–Kier alpha value is -1.35. The maximum atomic E-state index is 12.5. The molecule has 0 unspecified atom stereocenters. The molecule has 0 spiro atoms. The molecular weight excluding hydrogens is 322 g/mol.